The van der Waals surface area contributed by atoms with Crippen LogP contribution in [-0.4, -0.2) is 87.7 Å². The topological polar surface area (TPSA) is 90.4 Å². The molecule has 0 bridgehead atoms. The van der Waals surface area contributed by atoms with Gasteiger partial charge < -0.3 is 14.7 Å². The fourth-order valence-electron chi connectivity index (χ4n) is 5.36. The highest BCUT2D eigenvalue weighted by atomic mass is 32.2. The first kappa shape index (κ1) is 27.6. The Hall–Kier alpha value is -2.46. The van der Waals surface area contributed by atoms with E-state index in [-0.39, 0.29) is 18.3 Å². The lowest BCUT2D eigenvalue weighted by Crippen LogP contribution is -2.46. The minimum Gasteiger partial charge on any atom is -0.481 e. The number of hydrogen-bond acceptors (Lipinski definition) is 6. The largest absolute Gasteiger partial charge is 0.481 e. The van der Waals surface area contributed by atoms with Crippen LogP contribution < -0.4 is 4.90 Å². The van der Waals surface area contributed by atoms with Crippen LogP contribution in [0.4, 0.5) is 5.69 Å². The number of rotatable bonds is 11. The molecule has 2 atom stereocenters. The smallest absolute Gasteiger partial charge is 0.303 e. The second-order valence-corrected chi connectivity index (χ2v) is 12.1. The summed E-state index contributed by atoms with van der Waals surface area (Å²) in [4.78, 5) is 16.7. The van der Waals surface area contributed by atoms with Crippen molar-refractivity contribution in [2.24, 2.45) is 11.8 Å². The molecule has 37 heavy (non-hydrogen) atoms. The summed E-state index contributed by atoms with van der Waals surface area (Å²) in [5, 5.41) is 9.54. The Kier molecular flexibility index (Phi) is 9.59. The van der Waals surface area contributed by atoms with E-state index in [0.29, 0.717) is 24.4 Å². The lowest BCUT2D eigenvalue weighted by molar-refractivity contribution is -0.138. The molecule has 0 amide bonds. The Morgan fingerprint density at radius 1 is 1.00 bits per heavy atom. The molecular formula is C28H39N3O5S. The number of aryl methyl sites for hydroxylation is 1. The van der Waals surface area contributed by atoms with Crippen molar-refractivity contribution in [1.29, 1.82) is 0 Å². The predicted octanol–water partition coefficient (Wildman–Crippen LogP) is 3.33. The van der Waals surface area contributed by atoms with Gasteiger partial charge in [-0.25, -0.2) is 8.42 Å². The Bertz CT molecular complexity index is 1100. The molecule has 0 aliphatic carbocycles. The second kappa shape index (κ2) is 12.9. The molecule has 0 spiro atoms. The molecule has 9 heteroatoms. The summed E-state index contributed by atoms with van der Waals surface area (Å²) in [7, 11) is -3.63. The van der Waals surface area contributed by atoms with Gasteiger partial charge in [0.1, 0.15) is 0 Å². The first-order chi connectivity index (χ1) is 17.8. The molecule has 0 aromatic heterocycles. The lowest BCUT2D eigenvalue weighted by Gasteiger charge is -2.39. The number of anilines is 1. The first-order valence-corrected chi connectivity index (χ1v) is 14.7. The van der Waals surface area contributed by atoms with Gasteiger partial charge in [-0.2, -0.15) is 4.31 Å². The Morgan fingerprint density at radius 3 is 2.38 bits per heavy atom. The zero-order chi connectivity index (χ0) is 26.3. The van der Waals surface area contributed by atoms with E-state index in [1.807, 2.05) is 37.3 Å². The molecule has 8 nitrogen and oxygen atoms in total. The van der Waals surface area contributed by atoms with Gasteiger partial charge in [-0.3, -0.25) is 9.69 Å². The number of carboxylic acids is 1. The SMILES string of the molecule is Cc1ccc(S(=O)(=O)N2CC[C@@H](CC(=O)O)[C@@H](CCN(CCN3CCOCC3)c3ccccc3)C2)cc1. The average Bonchev–Trinajstić information content (AvgIpc) is 2.90. The van der Waals surface area contributed by atoms with E-state index in [2.05, 4.69) is 21.9 Å². The number of hydrogen-bond donors (Lipinski definition) is 1. The van der Waals surface area contributed by atoms with Crippen LogP contribution in [0.5, 0.6) is 0 Å². The Morgan fingerprint density at radius 2 is 1.70 bits per heavy atom. The van der Waals surface area contributed by atoms with Crippen LogP contribution in [-0.2, 0) is 19.6 Å². The van der Waals surface area contributed by atoms with Gasteiger partial charge in [-0.15, -0.1) is 0 Å². The number of sulfonamides is 1. The lowest BCUT2D eigenvalue weighted by atomic mass is 9.82. The summed E-state index contributed by atoms with van der Waals surface area (Å²) < 4.78 is 33.8. The fourth-order valence-corrected chi connectivity index (χ4v) is 6.87. The monoisotopic (exact) mass is 529 g/mol. The van der Waals surface area contributed by atoms with Crippen LogP contribution in [0.3, 0.4) is 0 Å². The van der Waals surface area contributed by atoms with Gasteiger partial charge in [0.25, 0.3) is 0 Å². The number of morpholine rings is 1. The summed E-state index contributed by atoms with van der Waals surface area (Å²) in [5.41, 5.74) is 2.14. The van der Waals surface area contributed by atoms with Crippen molar-refractivity contribution in [3.05, 3.63) is 60.2 Å². The fraction of sp³-hybridized carbons (Fsp3) is 0.536. The van der Waals surface area contributed by atoms with Crippen LogP contribution in [0.25, 0.3) is 0 Å². The van der Waals surface area contributed by atoms with E-state index >= 15 is 0 Å². The van der Waals surface area contributed by atoms with Crippen molar-refractivity contribution in [2.45, 2.75) is 31.1 Å². The van der Waals surface area contributed by atoms with Gasteiger partial charge in [0.2, 0.25) is 10.0 Å². The van der Waals surface area contributed by atoms with Crippen LogP contribution in [0.2, 0.25) is 0 Å². The van der Waals surface area contributed by atoms with Crippen molar-refractivity contribution in [3.63, 3.8) is 0 Å². The van der Waals surface area contributed by atoms with Gasteiger partial charge in [-0.1, -0.05) is 35.9 Å². The molecule has 1 N–H and O–H groups in total. The highest BCUT2D eigenvalue weighted by Gasteiger charge is 2.36. The summed E-state index contributed by atoms with van der Waals surface area (Å²) in [6.07, 6.45) is 1.36. The van der Waals surface area contributed by atoms with Crippen molar-refractivity contribution >= 4 is 21.7 Å². The molecule has 0 radical (unpaired) electrons. The van der Waals surface area contributed by atoms with Gasteiger partial charge >= 0.3 is 5.97 Å². The number of carboxylic acid groups (broad SMARTS) is 1. The molecule has 2 saturated heterocycles. The summed E-state index contributed by atoms with van der Waals surface area (Å²) in [6, 6.07) is 17.2. The van der Waals surface area contributed by atoms with Gasteiger partial charge in [0.05, 0.1) is 18.1 Å². The standard InChI is InChI=1S/C28H39N3O5S/c1-23-7-9-27(10-8-23)37(34,35)31-14-12-24(21-28(32)33)25(22-31)11-13-30(26-5-3-2-4-6-26)16-15-29-17-19-36-20-18-29/h2-10,24-25H,11-22H2,1H3,(H,32,33)/t24-,25-/m0/s1. The molecule has 2 aliphatic heterocycles. The van der Waals surface area contributed by atoms with Crippen molar-refractivity contribution in [2.75, 3.05) is 63.9 Å². The van der Waals surface area contributed by atoms with Gasteiger partial charge in [-0.05, 0) is 55.9 Å². The van der Waals surface area contributed by atoms with E-state index in [9.17, 15) is 18.3 Å². The number of carbonyl (C=O) groups is 1. The van der Waals surface area contributed by atoms with Crippen molar-refractivity contribution in [1.82, 2.24) is 9.21 Å². The summed E-state index contributed by atoms with van der Waals surface area (Å²) in [5.74, 6) is -0.893. The molecule has 2 aromatic carbocycles. The normalized spacial score (nSPS) is 21.5. The molecule has 4 rings (SSSR count). The van der Waals surface area contributed by atoms with Crippen LogP contribution in [0.15, 0.2) is 59.5 Å². The average molecular weight is 530 g/mol. The van der Waals surface area contributed by atoms with Crippen LogP contribution in [0, 0.1) is 18.8 Å². The predicted molar refractivity (Wildman–Crippen MR) is 144 cm³/mol. The Balaban J connectivity index is 1.47. The maximum Gasteiger partial charge on any atom is 0.303 e. The molecule has 202 valence electrons. The van der Waals surface area contributed by atoms with E-state index in [1.165, 1.54) is 0 Å². The zero-order valence-corrected chi connectivity index (χ0v) is 22.5. The van der Waals surface area contributed by atoms with Gasteiger partial charge in [0, 0.05) is 57.9 Å². The third-order valence-corrected chi connectivity index (χ3v) is 9.51. The Labute approximate surface area is 220 Å². The molecule has 0 saturated carbocycles. The molecule has 2 aromatic rings. The minimum atomic E-state index is -3.63. The number of nitrogens with zero attached hydrogens (tertiary/aromatic N) is 3. The summed E-state index contributed by atoms with van der Waals surface area (Å²) >= 11 is 0. The van der Waals surface area contributed by atoms with Gasteiger partial charge in [0.15, 0.2) is 0 Å². The molecule has 2 fully saturated rings. The second-order valence-electron chi connectivity index (χ2n) is 10.1. The molecule has 2 aliphatic rings. The first-order valence-electron chi connectivity index (χ1n) is 13.2. The van der Waals surface area contributed by atoms with Crippen molar-refractivity contribution < 1.29 is 23.1 Å². The van der Waals surface area contributed by atoms with E-state index in [4.69, 9.17) is 4.74 Å². The number of para-hydroxylation sites is 1. The van der Waals surface area contributed by atoms with Crippen molar-refractivity contribution in [3.8, 4) is 0 Å². The number of aliphatic carboxylic acids is 1. The third-order valence-electron chi connectivity index (χ3n) is 7.63. The maximum absolute atomic E-state index is 13.4. The number of benzene rings is 2. The molecule has 0 unspecified atom stereocenters. The molecular weight excluding hydrogens is 490 g/mol. The van der Waals surface area contributed by atoms with Crippen LogP contribution in [0.1, 0.15) is 24.8 Å². The van der Waals surface area contributed by atoms with Crippen LogP contribution >= 0.6 is 0 Å². The third kappa shape index (κ3) is 7.54. The quantitative estimate of drug-likeness (QED) is 0.478. The highest BCUT2D eigenvalue weighted by Crippen LogP contribution is 2.33. The van der Waals surface area contributed by atoms with E-state index in [0.717, 1.165) is 63.6 Å². The number of ether oxygens (including phenoxy) is 1. The zero-order valence-electron chi connectivity index (χ0n) is 21.7. The maximum atomic E-state index is 13.4. The molecule has 2 heterocycles. The highest BCUT2D eigenvalue weighted by molar-refractivity contribution is 7.89. The van der Waals surface area contributed by atoms with E-state index < -0.39 is 16.0 Å². The summed E-state index contributed by atoms with van der Waals surface area (Å²) in [6.45, 7) is 8.53. The minimum absolute atomic E-state index is 0.0281. The van der Waals surface area contributed by atoms with E-state index in [1.54, 1.807) is 16.4 Å². The number of piperidine rings is 1.